The lowest BCUT2D eigenvalue weighted by Crippen LogP contribution is -2.34. The Kier molecular flexibility index (Phi) is 4.55. The van der Waals surface area contributed by atoms with Gasteiger partial charge in [-0.2, -0.15) is 0 Å². The van der Waals surface area contributed by atoms with Crippen LogP contribution in [0.5, 0.6) is 0 Å². The minimum Gasteiger partial charge on any atom is -0.338 e. The highest BCUT2D eigenvalue weighted by molar-refractivity contribution is 5.93. The molecular weight excluding hydrogens is 295 g/mol. The number of rotatable bonds is 2. The molecule has 0 aliphatic carbocycles. The lowest BCUT2D eigenvalue weighted by molar-refractivity contribution is 0.0754. The van der Waals surface area contributed by atoms with Gasteiger partial charge in [0.15, 0.2) is 0 Å². The first-order valence-electron chi connectivity index (χ1n) is 7.87. The van der Waals surface area contributed by atoms with Crippen molar-refractivity contribution in [2.24, 2.45) is 0 Å². The Morgan fingerprint density at radius 3 is 2.61 bits per heavy atom. The smallest absolute Gasteiger partial charge is 0.255 e. The molecule has 0 radical (unpaired) electrons. The molecule has 1 aromatic carbocycles. The molecule has 0 bridgehead atoms. The molecule has 1 aromatic heterocycles. The highest BCUT2D eigenvalue weighted by Gasteiger charge is 2.24. The van der Waals surface area contributed by atoms with E-state index in [0.717, 1.165) is 24.8 Å². The van der Waals surface area contributed by atoms with Gasteiger partial charge in [0, 0.05) is 31.3 Å². The van der Waals surface area contributed by atoms with Gasteiger partial charge in [-0.05, 0) is 36.6 Å². The average Bonchev–Trinajstić information content (AvgIpc) is 2.82. The summed E-state index contributed by atoms with van der Waals surface area (Å²) < 4.78 is 13.1. The normalized spacial score (nSPS) is 18.5. The second kappa shape index (κ2) is 6.77. The van der Waals surface area contributed by atoms with Crippen LogP contribution in [0.4, 0.5) is 4.39 Å². The van der Waals surface area contributed by atoms with E-state index >= 15 is 0 Å². The Morgan fingerprint density at radius 2 is 1.91 bits per heavy atom. The summed E-state index contributed by atoms with van der Waals surface area (Å²) in [5, 5.41) is 0. The number of H-pyrrole nitrogens is 1. The van der Waals surface area contributed by atoms with Gasteiger partial charge in [-0.25, -0.2) is 4.39 Å². The maximum atomic E-state index is 13.1. The van der Waals surface area contributed by atoms with Gasteiger partial charge in [0.25, 0.3) is 5.91 Å². The summed E-state index contributed by atoms with van der Waals surface area (Å²) in [5.41, 5.74) is 1.33. The quantitative estimate of drug-likeness (QED) is 0.926. The molecule has 1 fully saturated rings. The monoisotopic (exact) mass is 314 g/mol. The van der Waals surface area contributed by atoms with Gasteiger partial charge in [0.05, 0.1) is 5.56 Å². The topological polar surface area (TPSA) is 53.2 Å². The second-order valence-electron chi connectivity index (χ2n) is 5.94. The van der Waals surface area contributed by atoms with Crippen LogP contribution in [0, 0.1) is 5.82 Å². The Hall–Kier alpha value is -2.43. The number of nitrogens with one attached hydrogen (secondary N) is 1. The Morgan fingerprint density at radius 1 is 1.13 bits per heavy atom. The van der Waals surface area contributed by atoms with Gasteiger partial charge < -0.3 is 9.88 Å². The van der Waals surface area contributed by atoms with E-state index in [0.29, 0.717) is 18.7 Å². The van der Waals surface area contributed by atoms with Crippen molar-refractivity contribution in [1.82, 2.24) is 9.88 Å². The van der Waals surface area contributed by atoms with Crippen LogP contribution in [0.25, 0.3) is 0 Å². The van der Waals surface area contributed by atoms with Crippen LogP contribution in [0.1, 0.15) is 41.1 Å². The first kappa shape index (κ1) is 15.5. The van der Waals surface area contributed by atoms with Crippen LogP contribution in [-0.4, -0.2) is 28.9 Å². The molecule has 5 heteroatoms. The van der Waals surface area contributed by atoms with Gasteiger partial charge >= 0.3 is 0 Å². The highest BCUT2D eigenvalue weighted by atomic mass is 19.1. The predicted molar refractivity (Wildman–Crippen MR) is 86.0 cm³/mol. The van der Waals surface area contributed by atoms with Crippen LogP contribution in [0.3, 0.4) is 0 Å². The molecule has 1 saturated heterocycles. The molecule has 1 amide bonds. The molecule has 1 atom stereocenters. The van der Waals surface area contributed by atoms with E-state index in [4.69, 9.17) is 0 Å². The molecule has 2 heterocycles. The van der Waals surface area contributed by atoms with Gasteiger partial charge in [-0.15, -0.1) is 0 Å². The third-order valence-corrected chi connectivity index (χ3v) is 4.33. The number of benzene rings is 1. The first-order chi connectivity index (χ1) is 11.1. The molecule has 0 saturated carbocycles. The summed E-state index contributed by atoms with van der Waals surface area (Å²) in [7, 11) is 0. The zero-order chi connectivity index (χ0) is 16.2. The maximum absolute atomic E-state index is 13.1. The third-order valence-electron chi connectivity index (χ3n) is 4.33. The summed E-state index contributed by atoms with van der Waals surface area (Å²) in [6.07, 6.45) is 4.44. The van der Waals surface area contributed by atoms with E-state index < -0.39 is 0 Å². The fourth-order valence-corrected chi connectivity index (χ4v) is 3.06. The number of aromatic amines is 1. The number of hydrogen-bond donors (Lipinski definition) is 1. The number of carbonyl (C=O) groups is 1. The lowest BCUT2D eigenvalue weighted by Gasteiger charge is -2.25. The zero-order valence-electron chi connectivity index (χ0n) is 12.8. The molecule has 120 valence electrons. The number of amides is 1. The number of halogens is 1. The SMILES string of the molecule is O=C(c1ccc(=O)[nH]c1)N1CCCC[C@H](c2ccc(F)cc2)C1. The number of likely N-dealkylation sites (tertiary alicyclic amines) is 1. The molecule has 0 spiro atoms. The molecule has 23 heavy (non-hydrogen) atoms. The first-order valence-corrected chi connectivity index (χ1v) is 7.87. The molecule has 2 aromatic rings. The molecule has 1 N–H and O–H groups in total. The molecule has 1 aliphatic rings. The number of pyridine rings is 1. The number of carbonyl (C=O) groups excluding carboxylic acids is 1. The van der Waals surface area contributed by atoms with Gasteiger partial charge in [-0.3, -0.25) is 9.59 Å². The number of aromatic nitrogens is 1. The highest BCUT2D eigenvalue weighted by Crippen LogP contribution is 2.27. The minimum absolute atomic E-state index is 0.0738. The average molecular weight is 314 g/mol. The summed E-state index contributed by atoms with van der Waals surface area (Å²) in [6.45, 7) is 1.32. The molecule has 3 rings (SSSR count). The zero-order valence-corrected chi connectivity index (χ0v) is 12.8. The fourth-order valence-electron chi connectivity index (χ4n) is 3.06. The second-order valence-corrected chi connectivity index (χ2v) is 5.94. The fraction of sp³-hybridized carbons (Fsp3) is 0.333. The van der Waals surface area contributed by atoms with Crippen molar-refractivity contribution < 1.29 is 9.18 Å². The summed E-state index contributed by atoms with van der Waals surface area (Å²) >= 11 is 0. The molecule has 4 nitrogen and oxygen atoms in total. The molecular formula is C18H19FN2O2. The van der Waals surface area contributed by atoms with Gasteiger partial charge in [0.2, 0.25) is 5.56 Å². The van der Waals surface area contributed by atoms with Crippen molar-refractivity contribution in [2.75, 3.05) is 13.1 Å². The largest absolute Gasteiger partial charge is 0.338 e. The Bertz CT molecular complexity index is 719. The summed E-state index contributed by atoms with van der Waals surface area (Å²) in [6, 6.07) is 9.45. The van der Waals surface area contributed by atoms with Gasteiger partial charge in [0.1, 0.15) is 5.82 Å². The van der Waals surface area contributed by atoms with Crippen molar-refractivity contribution in [1.29, 1.82) is 0 Å². The van der Waals surface area contributed by atoms with Crippen molar-refractivity contribution in [2.45, 2.75) is 25.2 Å². The summed E-state index contributed by atoms with van der Waals surface area (Å²) in [4.78, 5) is 28.1. The Balaban J connectivity index is 1.79. The van der Waals surface area contributed by atoms with Crippen molar-refractivity contribution in [3.63, 3.8) is 0 Å². The van der Waals surface area contributed by atoms with E-state index in [9.17, 15) is 14.0 Å². The van der Waals surface area contributed by atoms with Crippen LogP contribution < -0.4 is 5.56 Å². The number of nitrogens with zero attached hydrogens (tertiary/aromatic N) is 1. The van der Waals surface area contributed by atoms with E-state index in [-0.39, 0.29) is 23.2 Å². The van der Waals surface area contributed by atoms with Crippen molar-refractivity contribution in [3.8, 4) is 0 Å². The van der Waals surface area contributed by atoms with Crippen molar-refractivity contribution in [3.05, 3.63) is 69.9 Å². The van der Waals surface area contributed by atoms with Crippen LogP contribution >= 0.6 is 0 Å². The minimum atomic E-state index is -0.247. The van der Waals surface area contributed by atoms with E-state index in [2.05, 4.69) is 4.98 Å². The lowest BCUT2D eigenvalue weighted by atomic mass is 9.94. The van der Waals surface area contributed by atoms with E-state index in [1.165, 1.54) is 24.4 Å². The third kappa shape index (κ3) is 3.67. The summed E-state index contributed by atoms with van der Waals surface area (Å²) in [5.74, 6) is -0.108. The van der Waals surface area contributed by atoms with Crippen LogP contribution in [-0.2, 0) is 0 Å². The molecule has 0 unspecified atom stereocenters. The van der Waals surface area contributed by atoms with Crippen molar-refractivity contribution >= 4 is 5.91 Å². The Labute approximate surface area is 134 Å². The standard InChI is InChI=1S/C18H19FN2O2/c19-16-7-4-13(5-8-16)15-3-1-2-10-21(12-15)18(23)14-6-9-17(22)20-11-14/h4-9,11,15H,1-3,10,12H2,(H,20,22)/t15-/m0/s1. The van der Waals surface area contributed by atoms with Crippen LogP contribution in [0.2, 0.25) is 0 Å². The predicted octanol–water partition coefficient (Wildman–Crippen LogP) is 2.92. The number of hydrogen-bond acceptors (Lipinski definition) is 2. The van der Waals surface area contributed by atoms with Crippen LogP contribution in [0.15, 0.2) is 47.4 Å². The molecule has 1 aliphatic heterocycles. The van der Waals surface area contributed by atoms with E-state index in [1.54, 1.807) is 18.2 Å². The van der Waals surface area contributed by atoms with Gasteiger partial charge in [-0.1, -0.05) is 18.6 Å². The maximum Gasteiger partial charge on any atom is 0.255 e. The van der Waals surface area contributed by atoms with E-state index in [1.807, 2.05) is 4.90 Å².